The Morgan fingerprint density at radius 2 is 1.87 bits per heavy atom. The number of morpholine rings is 1. The molecule has 1 amide bonds. The van der Waals surface area contributed by atoms with E-state index in [0.29, 0.717) is 13.1 Å². The number of hydrogen-bond donors (Lipinski definition) is 1. The molecule has 0 aliphatic carbocycles. The molecule has 30 heavy (non-hydrogen) atoms. The number of carbonyl (C=O) groups excluding carboxylic acids is 1. The topological polar surface area (TPSA) is 67.4 Å². The maximum Gasteiger partial charge on any atom is 0.230 e. The number of para-hydroxylation sites is 1. The first-order valence-corrected chi connectivity index (χ1v) is 10.9. The minimum absolute atomic E-state index is 0.0956. The first kappa shape index (κ1) is 20.7. The zero-order valence-corrected chi connectivity index (χ0v) is 17.3. The Morgan fingerprint density at radius 3 is 2.67 bits per heavy atom. The summed E-state index contributed by atoms with van der Waals surface area (Å²) in [5, 5.41) is 4.62. The molecule has 1 aliphatic rings. The molecule has 0 saturated carbocycles. The van der Waals surface area contributed by atoms with E-state index in [-0.39, 0.29) is 17.5 Å². The smallest absolute Gasteiger partial charge is 0.230 e. The highest BCUT2D eigenvalue weighted by Crippen LogP contribution is 2.25. The zero-order valence-electron chi connectivity index (χ0n) is 16.5. The molecule has 6 nitrogen and oxygen atoms in total. The van der Waals surface area contributed by atoms with Crippen LogP contribution in [0.2, 0.25) is 0 Å². The highest BCUT2D eigenvalue weighted by molar-refractivity contribution is 8.00. The van der Waals surface area contributed by atoms with Crippen LogP contribution in [0.4, 0.5) is 4.39 Å². The van der Waals surface area contributed by atoms with E-state index in [2.05, 4.69) is 10.2 Å². The maximum absolute atomic E-state index is 13.0. The summed E-state index contributed by atoms with van der Waals surface area (Å²) in [5.74, 6) is 0.620. The van der Waals surface area contributed by atoms with Crippen molar-refractivity contribution in [2.45, 2.75) is 18.1 Å². The zero-order chi connectivity index (χ0) is 20.8. The molecule has 156 valence electrons. The normalized spacial score (nSPS) is 14.7. The third kappa shape index (κ3) is 5.53. The number of rotatable bonds is 7. The Balaban J connectivity index is 1.41. The van der Waals surface area contributed by atoms with Gasteiger partial charge in [-0.2, -0.15) is 0 Å². The minimum atomic E-state index is -0.288. The monoisotopic (exact) mass is 426 g/mol. The van der Waals surface area contributed by atoms with Crippen molar-refractivity contribution in [3.05, 3.63) is 65.7 Å². The Bertz CT molecular complexity index is 1010. The Morgan fingerprint density at radius 1 is 1.10 bits per heavy atom. The SMILES string of the molecule is O=C(CSc1nc(CN2CCOCC2)nc2ccccc12)NCc1ccc(F)cc1. The summed E-state index contributed by atoms with van der Waals surface area (Å²) in [4.78, 5) is 24.0. The number of thioether (sulfide) groups is 1. The fraction of sp³-hybridized carbons (Fsp3) is 0.318. The van der Waals surface area contributed by atoms with Crippen molar-refractivity contribution in [2.75, 3.05) is 32.1 Å². The quantitative estimate of drug-likeness (QED) is 0.463. The lowest BCUT2D eigenvalue weighted by Crippen LogP contribution is -2.36. The third-order valence-corrected chi connectivity index (χ3v) is 5.82. The van der Waals surface area contributed by atoms with Crippen molar-refractivity contribution in [3.8, 4) is 0 Å². The molecule has 4 rings (SSSR count). The molecule has 1 aliphatic heterocycles. The summed E-state index contributed by atoms with van der Waals surface area (Å²) in [6.07, 6.45) is 0. The van der Waals surface area contributed by atoms with Gasteiger partial charge in [0.25, 0.3) is 0 Å². The van der Waals surface area contributed by atoms with Gasteiger partial charge in [0, 0.05) is 25.0 Å². The number of carbonyl (C=O) groups is 1. The molecule has 0 spiro atoms. The van der Waals surface area contributed by atoms with E-state index in [0.717, 1.165) is 53.6 Å². The lowest BCUT2D eigenvalue weighted by Gasteiger charge is -2.25. The molecule has 2 heterocycles. The van der Waals surface area contributed by atoms with Crippen LogP contribution in [0.1, 0.15) is 11.4 Å². The van der Waals surface area contributed by atoms with Gasteiger partial charge in [0.15, 0.2) is 0 Å². The number of nitrogens with zero attached hydrogens (tertiary/aromatic N) is 3. The average molecular weight is 427 g/mol. The molecule has 0 bridgehead atoms. The van der Waals surface area contributed by atoms with Gasteiger partial charge in [0.1, 0.15) is 16.7 Å². The average Bonchev–Trinajstić information content (AvgIpc) is 2.78. The van der Waals surface area contributed by atoms with Gasteiger partial charge in [-0.1, -0.05) is 42.1 Å². The number of benzene rings is 2. The fourth-order valence-corrected chi connectivity index (χ4v) is 4.09. The van der Waals surface area contributed by atoms with Crippen LogP contribution in [0.5, 0.6) is 0 Å². The van der Waals surface area contributed by atoms with Crippen LogP contribution in [0, 0.1) is 5.82 Å². The number of ether oxygens (including phenoxy) is 1. The van der Waals surface area contributed by atoms with Crippen molar-refractivity contribution in [1.82, 2.24) is 20.2 Å². The number of amides is 1. The van der Waals surface area contributed by atoms with Crippen LogP contribution in [-0.4, -0.2) is 52.8 Å². The summed E-state index contributed by atoms with van der Waals surface area (Å²) in [5.41, 5.74) is 1.74. The van der Waals surface area contributed by atoms with Crippen LogP contribution in [0.25, 0.3) is 10.9 Å². The first-order chi connectivity index (χ1) is 14.7. The molecule has 0 unspecified atom stereocenters. The second-order valence-electron chi connectivity index (χ2n) is 7.04. The van der Waals surface area contributed by atoms with Crippen molar-refractivity contribution in [3.63, 3.8) is 0 Å². The van der Waals surface area contributed by atoms with Crippen molar-refractivity contribution < 1.29 is 13.9 Å². The highest BCUT2D eigenvalue weighted by Gasteiger charge is 2.15. The lowest BCUT2D eigenvalue weighted by atomic mass is 10.2. The Kier molecular flexibility index (Phi) is 6.88. The van der Waals surface area contributed by atoms with Gasteiger partial charge in [0.05, 0.1) is 31.0 Å². The van der Waals surface area contributed by atoms with E-state index in [4.69, 9.17) is 14.7 Å². The lowest BCUT2D eigenvalue weighted by molar-refractivity contribution is -0.118. The predicted molar refractivity (Wildman–Crippen MR) is 115 cm³/mol. The van der Waals surface area contributed by atoms with E-state index >= 15 is 0 Å². The standard InChI is InChI=1S/C22H23FN4O2S/c23-17-7-5-16(6-8-17)13-24-21(28)15-30-22-18-3-1-2-4-19(18)25-20(26-22)14-27-9-11-29-12-10-27/h1-8H,9-15H2,(H,24,28). The minimum Gasteiger partial charge on any atom is -0.379 e. The highest BCUT2D eigenvalue weighted by atomic mass is 32.2. The molecule has 1 saturated heterocycles. The molecule has 0 atom stereocenters. The van der Waals surface area contributed by atoms with E-state index in [1.807, 2.05) is 24.3 Å². The van der Waals surface area contributed by atoms with Gasteiger partial charge < -0.3 is 10.1 Å². The third-order valence-electron chi connectivity index (χ3n) is 4.83. The van der Waals surface area contributed by atoms with Gasteiger partial charge in [0.2, 0.25) is 5.91 Å². The number of hydrogen-bond acceptors (Lipinski definition) is 6. The summed E-state index contributed by atoms with van der Waals surface area (Å²) in [7, 11) is 0. The molecule has 1 N–H and O–H groups in total. The second kappa shape index (κ2) is 9.97. The Hall–Kier alpha value is -2.55. The molecular formula is C22H23FN4O2S. The van der Waals surface area contributed by atoms with Gasteiger partial charge in [-0.3, -0.25) is 9.69 Å². The maximum atomic E-state index is 13.0. The van der Waals surface area contributed by atoms with Crippen molar-refractivity contribution in [2.24, 2.45) is 0 Å². The fourth-order valence-electron chi connectivity index (χ4n) is 3.22. The Labute approximate surface area is 178 Å². The van der Waals surface area contributed by atoms with Crippen molar-refractivity contribution in [1.29, 1.82) is 0 Å². The number of halogens is 1. The largest absolute Gasteiger partial charge is 0.379 e. The van der Waals surface area contributed by atoms with Crippen LogP contribution < -0.4 is 5.32 Å². The van der Waals surface area contributed by atoms with Gasteiger partial charge >= 0.3 is 0 Å². The van der Waals surface area contributed by atoms with E-state index in [9.17, 15) is 9.18 Å². The number of fused-ring (bicyclic) bond motifs is 1. The van der Waals surface area contributed by atoms with E-state index in [1.165, 1.54) is 23.9 Å². The van der Waals surface area contributed by atoms with Gasteiger partial charge in [-0.15, -0.1) is 0 Å². The van der Waals surface area contributed by atoms with Crippen LogP contribution >= 0.6 is 11.8 Å². The van der Waals surface area contributed by atoms with Gasteiger partial charge in [-0.05, 0) is 23.8 Å². The van der Waals surface area contributed by atoms with Crippen LogP contribution in [0.15, 0.2) is 53.6 Å². The van der Waals surface area contributed by atoms with Crippen molar-refractivity contribution >= 4 is 28.6 Å². The molecule has 1 fully saturated rings. The first-order valence-electron chi connectivity index (χ1n) is 9.87. The van der Waals surface area contributed by atoms with Crippen LogP contribution in [0.3, 0.4) is 0 Å². The van der Waals surface area contributed by atoms with Gasteiger partial charge in [-0.25, -0.2) is 14.4 Å². The molecule has 2 aromatic carbocycles. The molecule has 1 aromatic heterocycles. The summed E-state index contributed by atoms with van der Waals surface area (Å²) in [6, 6.07) is 14.0. The summed E-state index contributed by atoms with van der Waals surface area (Å²) >= 11 is 1.41. The van der Waals surface area contributed by atoms with E-state index in [1.54, 1.807) is 12.1 Å². The molecular weight excluding hydrogens is 403 g/mol. The van der Waals surface area contributed by atoms with Crippen LogP contribution in [-0.2, 0) is 22.6 Å². The summed E-state index contributed by atoms with van der Waals surface area (Å²) in [6.45, 7) is 4.22. The molecule has 3 aromatic rings. The molecule has 8 heteroatoms. The second-order valence-corrected chi connectivity index (χ2v) is 8.01. The molecule has 0 radical (unpaired) electrons. The van der Waals surface area contributed by atoms with E-state index < -0.39 is 0 Å². The summed E-state index contributed by atoms with van der Waals surface area (Å²) < 4.78 is 18.4. The number of aromatic nitrogens is 2. The number of nitrogens with one attached hydrogen (secondary N) is 1. The predicted octanol–water partition coefficient (Wildman–Crippen LogP) is 3.01.